The fraction of sp³-hybridized carbons (Fsp3) is 0.727. The van der Waals surface area contributed by atoms with E-state index in [0.29, 0.717) is 37.2 Å². The monoisotopic (exact) mass is 427 g/mol. The van der Waals surface area contributed by atoms with Gasteiger partial charge >= 0.3 is 6.18 Å². The van der Waals surface area contributed by atoms with Gasteiger partial charge in [0.05, 0.1) is 11.0 Å². The molecule has 0 spiro atoms. The Morgan fingerprint density at radius 3 is 2.77 bits per heavy atom. The smallest absolute Gasteiger partial charge is 0.396 e. The lowest BCUT2D eigenvalue weighted by atomic mass is 9.74. The molecule has 1 amide bonds. The second kappa shape index (κ2) is 8.83. The number of hydrogen-bond acceptors (Lipinski definition) is 4. The van der Waals surface area contributed by atoms with Gasteiger partial charge in [0, 0.05) is 50.6 Å². The van der Waals surface area contributed by atoms with Gasteiger partial charge < -0.3 is 15.3 Å². The first-order chi connectivity index (χ1) is 14.1. The molecule has 1 aromatic rings. The summed E-state index contributed by atoms with van der Waals surface area (Å²) in [5.41, 5.74) is -0.133. The van der Waals surface area contributed by atoms with Crippen molar-refractivity contribution in [1.29, 1.82) is 0 Å². The largest absolute Gasteiger partial charge is 0.417 e. The van der Waals surface area contributed by atoms with Crippen molar-refractivity contribution in [2.24, 2.45) is 17.3 Å². The number of aliphatic hydroxyl groups excluding tert-OH is 1. The standard InChI is InChI=1S/C22H32F3N3O2/c1-14(2)21(6-4-18(9-21)26-10-15(3)13-29)20(30)28-7-5-19-16(12-28)8-17(11-27-19)22(23,24)25/h8,11,14-15,18,26,29H,4-7,9-10,12-13H2,1-3H3/t15-,18-,21+/m1/s1. The van der Waals surface area contributed by atoms with Crippen LogP contribution in [-0.4, -0.2) is 46.6 Å². The Morgan fingerprint density at radius 1 is 1.40 bits per heavy atom. The van der Waals surface area contributed by atoms with Crippen LogP contribution in [0.5, 0.6) is 0 Å². The number of fused-ring (bicyclic) bond motifs is 1. The molecule has 8 heteroatoms. The number of amides is 1. The Hall–Kier alpha value is -1.67. The number of nitrogens with one attached hydrogen (secondary N) is 1. The normalized spacial score (nSPS) is 25.5. The first-order valence-electron chi connectivity index (χ1n) is 10.8. The Bertz CT molecular complexity index is 768. The molecule has 2 N–H and O–H groups in total. The van der Waals surface area contributed by atoms with Gasteiger partial charge in [-0.15, -0.1) is 0 Å². The molecule has 0 unspecified atom stereocenters. The summed E-state index contributed by atoms with van der Waals surface area (Å²) in [6.07, 6.45) is -0.726. The number of hydrogen-bond donors (Lipinski definition) is 2. The van der Waals surface area contributed by atoms with Crippen LogP contribution < -0.4 is 5.32 Å². The summed E-state index contributed by atoms with van der Waals surface area (Å²) in [5, 5.41) is 12.7. The number of rotatable bonds is 6. The maximum Gasteiger partial charge on any atom is 0.417 e. The van der Waals surface area contributed by atoms with E-state index in [-0.39, 0.29) is 36.9 Å². The first kappa shape index (κ1) is 23.0. The van der Waals surface area contributed by atoms with Crippen molar-refractivity contribution >= 4 is 5.91 Å². The summed E-state index contributed by atoms with van der Waals surface area (Å²) in [6, 6.07) is 1.35. The Balaban J connectivity index is 1.74. The molecular weight excluding hydrogens is 395 g/mol. The quantitative estimate of drug-likeness (QED) is 0.730. The number of nitrogens with zero attached hydrogens (tertiary/aromatic N) is 2. The summed E-state index contributed by atoms with van der Waals surface area (Å²) in [4.78, 5) is 19.3. The maximum absolute atomic E-state index is 13.6. The fourth-order valence-corrected chi connectivity index (χ4v) is 4.72. The Morgan fingerprint density at radius 2 is 2.13 bits per heavy atom. The Kier molecular flexibility index (Phi) is 6.77. The third-order valence-corrected chi connectivity index (χ3v) is 6.80. The SMILES string of the molecule is CC(C)[C@]1(C(=O)N2CCc3ncc(C(F)(F)F)cc3C2)CC[C@@H](NC[C@@H](C)CO)C1. The molecule has 0 saturated heterocycles. The highest BCUT2D eigenvalue weighted by Crippen LogP contribution is 2.46. The van der Waals surface area contributed by atoms with Gasteiger partial charge in [0.15, 0.2) is 0 Å². The number of carbonyl (C=O) groups is 1. The van der Waals surface area contributed by atoms with Crippen molar-refractivity contribution < 1.29 is 23.1 Å². The van der Waals surface area contributed by atoms with Crippen LogP contribution in [-0.2, 0) is 23.9 Å². The van der Waals surface area contributed by atoms with E-state index in [1.54, 1.807) is 4.90 Å². The van der Waals surface area contributed by atoms with Crippen molar-refractivity contribution in [3.63, 3.8) is 0 Å². The van der Waals surface area contributed by atoms with Crippen molar-refractivity contribution in [3.05, 3.63) is 29.1 Å². The molecule has 168 valence electrons. The number of pyridine rings is 1. The average Bonchev–Trinajstić information content (AvgIpc) is 3.15. The molecule has 1 fully saturated rings. The molecule has 1 saturated carbocycles. The van der Waals surface area contributed by atoms with E-state index >= 15 is 0 Å². The molecular formula is C22H32F3N3O2. The predicted molar refractivity (Wildman–Crippen MR) is 108 cm³/mol. The summed E-state index contributed by atoms with van der Waals surface area (Å²) in [6.45, 7) is 7.56. The van der Waals surface area contributed by atoms with Gasteiger partial charge in [-0.1, -0.05) is 20.8 Å². The van der Waals surface area contributed by atoms with Crippen LogP contribution in [0, 0.1) is 17.3 Å². The van der Waals surface area contributed by atoms with Gasteiger partial charge in [0.25, 0.3) is 0 Å². The van der Waals surface area contributed by atoms with Crippen molar-refractivity contribution in [2.45, 2.75) is 65.2 Å². The third kappa shape index (κ3) is 4.64. The lowest BCUT2D eigenvalue weighted by Gasteiger charge is -2.39. The Labute approximate surface area is 176 Å². The van der Waals surface area contributed by atoms with E-state index in [0.717, 1.165) is 25.1 Å². The molecule has 0 aromatic carbocycles. The molecule has 2 aliphatic rings. The van der Waals surface area contributed by atoms with Crippen molar-refractivity contribution in [2.75, 3.05) is 19.7 Å². The number of halogens is 3. The first-order valence-corrected chi connectivity index (χ1v) is 10.8. The molecule has 3 rings (SSSR count). The lowest BCUT2D eigenvalue weighted by molar-refractivity contribution is -0.145. The molecule has 0 radical (unpaired) electrons. The molecule has 2 heterocycles. The van der Waals surface area contributed by atoms with E-state index in [1.165, 1.54) is 0 Å². The molecule has 5 nitrogen and oxygen atoms in total. The van der Waals surface area contributed by atoms with Crippen LogP contribution in [0.25, 0.3) is 0 Å². The summed E-state index contributed by atoms with van der Waals surface area (Å²) in [7, 11) is 0. The minimum Gasteiger partial charge on any atom is -0.396 e. The highest BCUT2D eigenvalue weighted by molar-refractivity contribution is 5.83. The van der Waals surface area contributed by atoms with Crippen LogP contribution >= 0.6 is 0 Å². The van der Waals surface area contributed by atoms with Gasteiger partial charge in [-0.05, 0) is 42.7 Å². The predicted octanol–water partition coefficient (Wildman–Crippen LogP) is 3.40. The average molecular weight is 428 g/mol. The molecule has 1 aliphatic carbocycles. The van der Waals surface area contributed by atoms with Crippen molar-refractivity contribution in [3.8, 4) is 0 Å². The zero-order valence-electron chi connectivity index (χ0n) is 17.9. The number of carbonyl (C=O) groups excluding carboxylic acids is 1. The highest BCUT2D eigenvalue weighted by atomic mass is 19.4. The summed E-state index contributed by atoms with van der Waals surface area (Å²) >= 11 is 0. The van der Waals surface area contributed by atoms with E-state index in [4.69, 9.17) is 0 Å². The zero-order chi connectivity index (χ0) is 22.1. The number of aromatic nitrogens is 1. The van der Waals surface area contributed by atoms with E-state index in [1.807, 2.05) is 6.92 Å². The summed E-state index contributed by atoms with van der Waals surface area (Å²) in [5.74, 6) is 0.330. The molecule has 1 aromatic heterocycles. The van der Waals surface area contributed by atoms with Crippen LogP contribution in [0.4, 0.5) is 13.2 Å². The second-order valence-corrected chi connectivity index (χ2v) is 9.25. The van der Waals surface area contributed by atoms with Gasteiger partial charge in [-0.3, -0.25) is 9.78 Å². The fourth-order valence-electron chi connectivity index (χ4n) is 4.72. The van der Waals surface area contributed by atoms with E-state index in [9.17, 15) is 23.1 Å². The van der Waals surface area contributed by atoms with Gasteiger partial charge in [-0.25, -0.2) is 0 Å². The van der Waals surface area contributed by atoms with E-state index in [2.05, 4.69) is 24.1 Å². The van der Waals surface area contributed by atoms with Gasteiger partial charge in [0.2, 0.25) is 5.91 Å². The second-order valence-electron chi connectivity index (χ2n) is 9.25. The molecule has 0 bridgehead atoms. The van der Waals surface area contributed by atoms with Crippen LogP contribution in [0.3, 0.4) is 0 Å². The van der Waals surface area contributed by atoms with Crippen LogP contribution in [0.2, 0.25) is 0 Å². The van der Waals surface area contributed by atoms with Crippen LogP contribution in [0.1, 0.15) is 56.9 Å². The highest BCUT2D eigenvalue weighted by Gasteiger charge is 2.49. The minimum absolute atomic E-state index is 0.0417. The van der Waals surface area contributed by atoms with E-state index < -0.39 is 17.2 Å². The molecule has 1 aliphatic heterocycles. The topological polar surface area (TPSA) is 65.5 Å². The lowest BCUT2D eigenvalue weighted by Crippen LogP contribution is -2.48. The van der Waals surface area contributed by atoms with Gasteiger partial charge in [0.1, 0.15) is 0 Å². The molecule has 30 heavy (non-hydrogen) atoms. The zero-order valence-corrected chi connectivity index (χ0v) is 17.9. The number of aliphatic hydroxyl groups is 1. The van der Waals surface area contributed by atoms with Gasteiger partial charge in [-0.2, -0.15) is 13.2 Å². The molecule has 3 atom stereocenters. The minimum atomic E-state index is -4.44. The summed E-state index contributed by atoms with van der Waals surface area (Å²) < 4.78 is 39.2. The number of alkyl halides is 3. The van der Waals surface area contributed by atoms with Crippen LogP contribution in [0.15, 0.2) is 12.3 Å². The third-order valence-electron chi connectivity index (χ3n) is 6.80. The van der Waals surface area contributed by atoms with Crippen molar-refractivity contribution in [1.82, 2.24) is 15.2 Å². The maximum atomic E-state index is 13.6.